The highest BCUT2D eigenvalue weighted by atomic mass is 16.7. The number of unbranched alkanes of at least 4 members (excludes halogenated alkanes) is 22. The van der Waals surface area contributed by atoms with Crippen molar-refractivity contribution in [3.05, 3.63) is 122 Å². The summed E-state index contributed by atoms with van der Waals surface area (Å²) in [6, 6.07) is -1.06. The van der Waals surface area contributed by atoms with Crippen molar-refractivity contribution < 1.29 is 49.3 Å². The predicted octanol–water partition coefficient (Wildman–Crippen LogP) is 14.3. The summed E-state index contributed by atoms with van der Waals surface area (Å²) < 4.78 is 17.6. The molecule has 0 saturated carbocycles. The average Bonchev–Trinajstić information content (AvgIpc) is 3.43. The third-order valence-corrected chi connectivity index (χ3v) is 13.5. The van der Waals surface area contributed by atoms with Crippen LogP contribution in [0.25, 0.3) is 0 Å². The summed E-state index contributed by atoms with van der Waals surface area (Å²) in [7, 11) is 0. The van der Waals surface area contributed by atoms with Gasteiger partial charge in [-0.05, 0) is 83.5 Å². The van der Waals surface area contributed by atoms with E-state index >= 15 is 0 Å². The van der Waals surface area contributed by atoms with E-state index in [2.05, 4.69) is 68.6 Å². The SMILES string of the molecule is CC\C=C/C=C/C=C/C=C\C=C\C=C\CCCCC(O)C(=O)NC(COC1OC(CO)C(O)C(O)C1OC(=O)CCCCCCCC/C=C\C/C=C\C/C=C\CCCCC)C(O)/C=C/CCCCCCCCCCCCC. The monoisotopic (exact) mass is 1080 g/mol. The van der Waals surface area contributed by atoms with Gasteiger partial charge in [-0.15, -0.1) is 0 Å². The smallest absolute Gasteiger partial charge is 0.306 e. The van der Waals surface area contributed by atoms with Crippen LogP contribution < -0.4 is 5.32 Å². The Kier molecular flexibility index (Phi) is 48.7. The fourth-order valence-electron chi connectivity index (χ4n) is 8.69. The lowest BCUT2D eigenvalue weighted by Gasteiger charge is -2.41. The quantitative estimate of drug-likeness (QED) is 0.0149. The van der Waals surface area contributed by atoms with E-state index in [1.807, 2.05) is 72.9 Å². The lowest BCUT2D eigenvalue weighted by Crippen LogP contribution is -2.61. The Morgan fingerprint density at radius 3 is 1.55 bits per heavy atom. The number of aliphatic hydroxyl groups excluding tert-OH is 5. The minimum atomic E-state index is -1.64. The molecule has 0 aromatic heterocycles. The minimum absolute atomic E-state index is 0.0960. The number of nitrogens with one attached hydrogen (secondary N) is 1. The maximum Gasteiger partial charge on any atom is 0.306 e. The van der Waals surface area contributed by atoms with Gasteiger partial charge in [-0.3, -0.25) is 9.59 Å². The Balaban J connectivity index is 2.76. The lowest BCUT2D eigenvalue weighted by atomic mass is 9.99. The molecule has 1 aliphatic rings. The van der Waals surface area contributed by atoms with Gasteiger partial charge in [-0.25, -0.2) is 0 Å². The van der Waals surface area contributed by atoms with Crippen LogP contribution >= 0.6 is 0 Å². The minimum Gasteiger partial charge on any atom is -0.454 e. The van der Waals surface area contributed by atoms with Gasteiger partial charge in [0.2, 0.25) is 5.91 Å². The molecule has 11 nitrogen and oxygen atoms in total. The van der Waals surface area contributed by atoms with Crippen LogP contribution in [0, 0.1) is 0 Å². The van der Waals surface area contributed by atoms with Gasteiger partial charge in [-0.2, -0.15) is 0 Å². The number of hydrogen-bond acceptors (Lipinski definition) is 10. The van der Waals surface area contributed by atoms with Crippen molar-refractivity contribution in [2.45, 2.75) is 269 Å². The molecular formula is C66H109NO10. The molecule has 8 unspecified atom stereocenters. The Hall–Kier alpha value is -3.94. The Bertz CT molecular complexity index is 1710. The fourth-order valence-corrected chi connectivity index (χ4v) is 8.69. The Labute approximate surface area is 468 Å². The number of amides is 1. The zero-order chi connectivity index (χ0) is 56.1. The maximum atomic E-state index is 13.4. The van der Waals surface area contributed by atoms with E-state index in [9.17, 15) is 35.1 Å². The molecule has 438 valence electrons. The molecule has 1 saturated heterocycles. The van der Waals surface area contributed by atoms with Crippen LogP contribution in [0.1, 0.15) is 220 Å². The number of allylic oxidation sites excluding steroid dienone is 19. The van der Waals surface area contributed by atoms with E-state index in [0.29, 0.717) is 12.8 Å². The summed E-state index contributed by atoms with van der Waals surface area (Å²) in [5.41, 5.74) is 0. The molecule has 0 spiro atoms. The summed E-state index contributed by atoms with van der Waals surface area (Å²) in [6.07, 6.45) is 62.3. The first kappa shape index (κ1) is 71.1. The van der Waals surface area contributed by atoms with Gasteiger partial charge in [0.15, 0.2) is 12.4 Å². The molecule has 0 aliphatic carbocycles. The van der Waals surface area contributed by atoms with Crippen molar-refractivity contribution in [3.63, 3.8) is 0 Å². The second kappa shape index (κ2) is 52.7. The maximum absolute atomic E-state index is 13.4. The molecule has 0 aromatic rings. The van der Waals surface area contributed by atoms with Gasteiger partial charge < -0.3 is 45.1 Å². The van der Waals surface area contributed by atoms with E-state index < -0.39 is 67.4 Å². The van der Waals surface area contributed by atoms with E-state index in [0.717, 1.165) is 96.3 Å². The van der Waals surface area contributed by atoms with Crippen LogP contribution in [0.3, 0.4) is 0 Å². The molecule has 1 rings (SSSR count). The molecule has 8 atom stereocenters. The fraction of sp³-hybridized carbons (Fsp3) is 0.667. The highest BCUT2D eigenvalue weighted by molar-refractivity contribution is 5.80. The number of aliphatic hydroxyl groups is 5. The molecule has 1 aliphatic heterocycles. The Morgan fingerprint density at radius 2 is 0.987 bits per heavy atom. The van der Waals surface area contributed by atoms with Gasteiger partial charge in [0.1, 0.15) is 24.4 Å². The molecule has 11 heteroatoms. The molecule has 6 N–H and O–H groups in total. The molecule has 1 heterocycles. The third-order valence-electron chi connectivity index (χ3n) is 13.5. The van der Waals surface area contributed by atoms with Crippen LogP contribution in [0.2, 0.25) is 0 Å². The average molecular weight is 1080 g/mol. The van der Waals surface area contributed by atoms with Crippen LogP contribution in [0.5, 0.6) is 0 Å². The molecule has 1 amide bonds. The number of esters is 1. The summed E-state index contributed by atoms with van der Waals surface area (Å²) in [5, 5.41) is 56.9. The van der Waals surface area contributed by atoms with Crippen molar-refractivity contribution >= 4 is 11.9 Å². The first-order valence-electron chi connectivity index (χ1n) is 30.4. The first-order valence-corrected chi connectivity index (χ1v) is 30.4. The van der Waals surface area contributed by atoms with Crippen LogP contribution in [-0.4, -0.2) is 99.6 Å². The van der Waals surface area contributed by atoms with E-state index in [-0.39, 0.29) is 19.4 Å². The molecule has 77 heavy (non-hydrogen) atoms. The van der Waals surface area contributed by atoms with E-state index in [4.69, 9.17) is 14.2 Å². The van der Waals surface area contributed by atoms with E-state index in [1.165, 1.54) is 77.0 Å². The highest BCUT2D eigenvalue weighted by Crippen LogP contribution is 2.26. The summed E-state index contributed by atoms with van der Waals surface area (Å²) in [6.45, 7) is 5.56. The van der Waals surface area contributed by atoms with Crippen molar-refractivity contribution in [1.29, 1.82) is 0 Å². The molecular weight excluding hydrogens is 967 g/mol. The number of rotatable bonds is 49. The lowest BCUT2D eigenvalue weighted by molar-refractivity contribution is -0.305. The van der Waals surface area contributed by atoms with E-state index in [1.54, 1.807) is 6.08 Å². The third kappa shape index (κ3) is 40.8. The number of hydrogen-bond donors (Lipinski definition) is 6. The van der Waals surface area contributed by atoms with Gasteiger partial charge in [0.25, 0.3) is 0 Å². The second-order valence-electron chi connectivity index (χ2n) is 20.5. The normalized spacial score (nSPS) is 19.9. The van der Waals surface area contributed by atoms with Gasteiger partial charge in [0, 0.05) is 6.42 Å². The van der Waals surface area contributed by atoms with Gasteiger partial charge in [-0.1, -0.05) is 251 Å². The Morgan fingerprint density at radius 1 is 0.532 bits per heavy atom. The standard InChI is InChI=1S/C66H109NO10/c1-4-7-10-13-16-19-22-25-27-29-30-31-33-36-39-42-45-48-51-54-61(71)77-64-63(73)62(72)60(55-68)76-66(64)75-56-57(58(69)52-49-46-43-40-37-34-24-21-18-15-12-9-6-3)67-65(74)59(70)53-50-47-44-41-38-35-32-28-26-23-20-17-14-11-8-5-2/h8,11,14,16-17,19-20,23,25-28,30-32,35,38,41,49,52,57-60,62-64,66,68-70,72-73H,4-7,9-10,12-13,15,18,21-22,24,29,33-34,36-37,39-40,42-48,50-51,53-56H2,1-3H3,(H,67,74)/b11-8-,17-14+,19-16-,23-20+,27-25-,28-26-,31-30-,35-32+,41-38+,52-49+. The van der Waals surface area contributed by atoms with Crippen molar-refractivity contribution in [3.8, 4) is 0 Å². The summed E-state index contributed by atoms with van der Waals surface area (Å²) >= 11 is 0. The largest absolute Gasteiger partial charge is 0.454 e. The van der Waals surface area contributed by atoms with Crippen molar-refractivity contribution in [2.24, 2.45) is 0 Å². The number of carbonyl (C=O) groups excluding carboxylic acids is 2. The topological polar surface area (TPSA) is 175 Å². The van der Waals surface area contributed by atoms with Crippen molar-refractivity contribution in [1.82, 2.24) is 5.32 Å². The number of ether oxygens (including phenoxy) is 3. The van der Waals surface area contributed by atoms with Crippen LogP contribution in [0.4, 0.5) is 0 Å². The molecule has 0 bridgehead atoms. The van der Waals surface area contributed by atoms with Gasteiger partial charge >= 0.3 is 5.97 Å². The summed E-state index contributed by atoms with van der Waals surface area (Å²) in [4.78, 5) is 26.5. The van der Waals surface area contributed by atoms with Crippen LogP contribution in [-0.2, 0) is 23.8 Å². The number of carbonyl (C=O) groups is 2. The first-order chi connectivity index (χ1) is 37.7. The zero-order valence-corrected chi connectivity index (χ0v) is 48.3. The zero-order valence-electron chi connectivity index (χ0n) is 48.3. The van der Waals surface area contributed by atoms with Gasteiger partial charge in [0.05, 0.1) is 25.4 Å². The second-order valence-corrected chi connectivity index (χ2v) is 20.5. The highest BCUT2D eigenvalue weighted by Gasteiger charge is 2.47. The van der Waals surface area contributed by atoms with Crippen LogP contribution in [0.15, 0.2) is 122 Å². The molecule has 0 aromatic carbocycles. The summed E-state index contributed by atoms with van der Waals surface area (Å²) in [5.74, 6) is -1.26. The van der Waals surface area contributed by atoms with Crippen molar-refractivity contribution in [2.75, 3.05) is 13.2 Å². The molecule has 1 fully saturated rings. The molecule has 0 radical (unpaired) electrons. The predicted molar refractivity (Wildman–Crippen MR) is 319 cm³/mol.